The van der Waals surface area contributed by atoms with Crippen LogP contribution < -0.4 is 109 Å². The van der Waals surface area contributed by atoms with Crippen molar-refractivity contribution in [3.05, 3.63) is 0 Å². The molecule has 0 fully saturated rings. The van der Waals surface area contributed by atoms with Crippen LogP contribution in [0.5, 0.6) is 0 Å². The molecule has 156 valence electrons. The van der Waals surface area contributed by atoms with Crippen LogP contribution in [0, 0.1) is 0 Å². The molecule has 24 heavy (non-hydrogen) atoms. The molecular formula is C9H30Cl6N6O3. The number of hydrogen-bond donors (Lipinski definition) is 6. The minimum atomic E-state index is -0.106. The molecule has 0 radical (unpaired) electrons. The average Bonchev–Trinajstić information content (AvgIpc) is 2.45. The highest BCUT2D eigenvalue weighted by Gasteiger charge is 1.98. The summed E-state index contributed by atoms with van der Waals surface area (Å²) in [5.41, 5.74) is 20.7. The van der Waals surface area contributed by atoms with Crippen molar-refractivity contribution in [2.24, 2.45) is 0 Å². The van der Waals surface area contributed by atoms with Gasteiger partial charge < -0.3 is 109 Å². The highest BCUT2D eigenvalue weighted by atomic mass is 35.5. The maximum atomic E-state index is 9.63. The Bertz CT molecular complexity index is 191. The third-order valence-corrected chi connectivity index (χ3v) is 1.69. The van der Waals surface area contributed by atoms with Crippen LogP contribution in [0.2, 0.25) is 0 Å². The largest absolute Gasteiger partial charge is 1.00 e. The van der Waals surface area contributed by atoms with Crippen LogP contribution in [0.25, 0.3) is 0 Å². The molecule has 3 atom stereocenters. The normalized spacial score (nSPS) is 10.2. The Labute approximate surface area is 179 Å². The molecular weight excluding hydrogens is 453 g/mol. The van der Waals surface area contributed by atoms with E-state index in [1.165, 1.54) is 0 Å². The van der Waals surface area contributed by atoms with Crippen molar-refractivity contribution in [3.8, 4) is 0 Å². The number of carbonyl (C=O) groups is 3. The van der Waals surface area contributed by atoms with Crippen molar-refractivity contribution in [3.63, 3.8) is 0 Å². The lowest BCUT2D eigenvalue weighted by Crippen LogP contribution is -3.00. The Hall–Kier alpha value is 0.510. The first-order valence-corrected chi connectivity index (χ1v) is 5.66. The Morgan fingerprint density at radius 2 is 0.625 bits per heavy atom. The number of rotatable bonds is 6. The van der Waals surface area contributed by atoms with E-state index >= 15 is 0 Å². The van der Waals surface area contributed by atoms with Crippen molar-refractivity contribution >= 4 is 18.9 Å². The summed E-state index contributed by atoms with van der Waals surface area (Å²) in [5.74, 6) is 0. The molecule has 0 amide bonds. The second-order valence-corrected chi connectivity index (χ2v) is 3.55. The second kappa shape index (κ2) is 49.5. The highest BCUT2D eigenvalue weighted by Crippen LogP contribution is 1.50. The van der Waals surface area contributed by atoms with Gasteiger partial charge in [0.15, 0.2) is 37.0 Å². The van der Waals surface area contributed by atoms with Gasteiger partial charge in [-0.15, -0.1) is 0 Å². The molecule has 0 aromatic rings. The van der Waals surface area contributed by atoms with Gasteiger partial charge in [-0.1, -0.05) is 0 Å². The summed E-state index contributed by atoms with van der Waals surface area (Å²) >= 11 is 0. The van der Waals surface area contributed by atoms with E-state index < -0.39 is 0 Å². The van der Waals surface area contributed by atoms with Gasteiger partial charge in [0.1, 0.15) is 19.6 Å². The van der Waals surface area contributed by atoms with E-state index in [9.17, 15) is 14.4 Å². The highest BCUT2D eigenvalue weighted by molar-refractivity contribution is 5.55. The number of quaternary nitrogens is 6. The van der Waals surface area contributed by atoms with Crippen LogP contribution in [-0.4, -0.2) is 56.6 Å². The average molecular weight is 483 g/mol. The monoisotopic (exact) mass is 480 g/mol. The fraction of sp³-hybridized carbons (Fsp3) is 0.667. The number of hydrogen-bond acceptors (Lipinski definition) is 3. The summed E-state index contributed by atoms with van der Waals surface area (Å²) in [4.78, 5) is 28.9. The molecule has 18 N–H and O–H groups in total. The van der Waals surface area contributed by atoms with Crippen LogP contribution in [0.4, 0.5) is 0 Å². The molecule has 0 spiro atoms. The van der Waals surface area contributed by atoms with E-state index in [2.05, 4.69) is 34.4 Å². The molecule has 0 aliphatic carbocycles. The van der Waals surface area contributed by atoms with E-state index in [-0.39, 0.29) is 92.6 Å². The maximum Gasteiger partial charge on any atom is 0.189 e. The van der Waals surface area contributed by atoms with E-state index in [1.54, 1.807) is 0 Å². The fourth-order valence-corrected chi connectivity index (χ4v) is 0.204. The van der Waals surface area contributed by atoms with Crippen LogP contribution in [0.3, 0.4) is 0 Å². The topological polar surface area (TPSA) is 217 Å². The van der Waals surface area contributed by atoms with E-state index in [4.69, 9.17) is 0 Å². The van der Waals surface area contributed by atoms with Gasteiger partial charge in [-0.2, -0.15) is 0 Å². The molecule has 3 unspecified atom stereocenters. The predicted octanol–water partition coefficient (Wildman–Crippen LogP) is -26.9. The smallest absolute Gasteiger partial charge is 0.189 e. The first-order chi connectivity index (χ1) is 8.42. The Morgan fingerprint density at radius 3 is 0.625 bits per heavy atom. The van der Waals surface area contributed by atoms with Gasteiger partial charge in [-0.3, -0.25) is 14.4 Å². The lowest BCUT2D eigenvalue weighted by Gasteiger charge is -1.84. The predicted molar refractivity (Wildman–Crippen MR) is 61.5 cm³/mol. The first-order valence-electron chi connectivity index (χ1n) is 5.66. The van der Waals surface area contributed by atoms with Crippen LogP contribution in [0.1, 0.15) is 0 Å². The first kappa shape index (κ1) is 56.3. The van der Waals surface area contributed by atoms with Gasteiger partial charge in [0.25, 0.3) is 0 Å². The van der Waals surface area contributed by atoms with Gasteiger partial charge in [0.2, 0.25) is 0 Å². The zero-order chi connectivity index (χ0) is 15.0. The Kier molecular flexibility index (Phi) is 116. The third kappa shape index (κ3) is 66.5. The third-order valence-electron chi connectivity index (χ3n) is 1.69. The Morgan fingerprint density at radius 1 is 0.500 bits per heavy atom. The van der Waals surface area contributed by atoms with E-state index in [0.717, 1.165) is 18.9 Å². The summed E-state index contributed by atoms with van der Waals surface area (Å²) in [5, 5.41) is 0. The van der Waals surface area contributed by atoms with Gasteiger partial charge in [0.05, 0.1) is 0 Å². The van der Waals surface area contributed by atoms with Gasteiger partial charge >= 0.3 is 0 Å². The van der Waals surface area contributed by atoms with E-state index in [0.29, 0.717) is 19.6 Å². The Balaban J connectivity index is -0.0000000179. The molecule has 0 aliphatic rings. The second-order valence-electron chi connectivity index (χ2n) is 3.55. The van der Waals surface area contributed by atoms with Gasteiger partial charge in [-0.05, 0) is 0 Å². The quantitative estimate of drug-likeness (QED) is 0.203. The van der Waals surface area contributed by atoms with Crippen molar-refractivity contribution in [2.45, 2.75) is 18.1 Å². The van der Waals surface area contributed by atoms with Gasteiger partial charge in [-0.25, -0.2) is 0 Å². The van der Waals surface area contributed by atoms with E-state index in [1.807, 2.05) is 0 Å². The molecule has 0 aliphatic heterocycles. The molecule has 9 nitrogen and oxygen atoms in total. The maximum absolute atomic E-state index is 9.63. The summed E-state index contributed by atoms with van der Waals surface area (Å²) in [6.45, 7) is 1.80. The molecule has 0 heterocycles. The molecule has 0 saturated heterocycles. The van der Waals surface area contributed by atoms with Crippen LogP contribution >= 0.6 is 0 Å². The zero-order valence-corrected chi connectivity index (χ0v) is 17.9. The molecule has 0 bridgehead atoms. The summed E-state index contributed by atoms with van der Waals surface area (Å²) < 4.78 is 0. The molecule has 0 aromatic carbocycles. The number of carbonyl (C=O) groups excluding carboxylic acids is 3. The standard InChI is InChI=1S/3C3H8N2O.6ClH/c3*4-1-3(5)2-6;;;;;;/h3*2-3H,1,4-5H2;6*1H. The molecule has 0 saturated carbocycles. The van der Waals surface area contributed by atoms with Crippen LogP contribution in [0.15, 0.2) is 0 Å². The van der Waals surface area contributed by atoms with Crippen molar-refractivity contribution in [1.82, 2.24) is 0 Å². The van der Waals surface area contributed by atoms with Crippen molar-refractivity contribution < 1.29 is 123 Å². The lowest BCUT2D eigenvalue weighted by atomic mass is 10.4. The SMILES string of the molecule is [Cl-].[Cl-].[Cl-].[Cl-].[Cl-].[Cl-].[NH3+]CC([NH3+])C=O.[NH3+]CC([NH3+])C=O.[NH3+]CC([NH3+])C=O. The number of halogens is 6. The molecule has 0 aromatic heterocycles. The van der Waals surface area contributed by atoms with Crippen LogP contribution in [-0.2, 0) is 14.4 Å². The summed E-state index contributed by atoms with van der Waals surface area (Å²) in [6.07, 6.45) is 2.40. The summed E-state index contributed by atoms with van der Waals surface area (Å²) in [7, 11) is 0. The molecule has 15 heteroatoms. The van der Waals surface area contributed by atoms with Crippen molar-refractivity contribution in [2.75, 3.05) is 19.6 Å². The van der Waals surface area contributed by atoms with Crippen molar-refractivity contribution in [1.29, 1.82) is 0 Å². The minimum absolute atomic E-state index is 0. The summed E-state index contributed by atoms with van der Waals surface area (Å²) in [6, 6.07) is -0.319. The zero-order valence-electron chi connectivity index (χ0n) is 13.3. The number of aldehydes is 3. The van der Waals surface area contributed by atoms with Gasteiger partial charge in [0, 0.05) is 0 Å². The fourth-order valence-electron chi connectivity index (χ4n) is 0.204. The molecule has 0 rings (SSSR count). The lowest BCUT2D eigenvalue weighted by molar-refractivity contribution is -0.477. The minimum Gasteiger partial charge on any atom is -1.00 e.